The van der Waals surface area contributed by atoms with Crippen LogP contribution in [0.5, 0.6) is 0 Å². The van der Waals surface area contributed by atoms with E-state index in [2.05, 4.69) is 34.3 Å². The molecule has 0 saturated carbocycles. The van der Waals surface area contributed by atoms with Crippen LogP contribution in [-0.4, -0.2) is 21.7 Å². The molecule has 2 aromatic rings. The van der Waals surface area contributed by atoms with Crippen molar-refractivity contribution in [2.45, 2.75) is 32.7 Å². The van der Waals surface area contributed by atoms with Crippen molar-refractivity contribution in [3.8, 4) is 11.6 Å². The van der Waals surface area contributed by atoms with E-state index in [1.165, 1.54) is 0 Å². The lowest BCUT2D eigenvalue weighted by atomic mass is 10.2. The highest BCUT2D eigenvalue weighted by atomic mass is 16.4. The zero-order valence-electron chi connectivity index (χ0n) is 10.8. The first kappa shape index (κ1) is 12.7. The van der Waals surface area contributed by atoms with Crippen molar-refractivity contribution in [1.29, 1.82) is 0 Å². The van der Waals surface area contributed by atoms with Crippen LogP contribution in [0, 0.1) is 0 Å². The highest BCUT2D eigenvalue weighted by Gasteiger charge is 2.17. The molecule has 18 heavy (non-hydrogen) atoms. The molecule has 1 N–H and O–H groups in total. The Morgan fingerprint density at radius 2 is 2.17 bits per heavy atom. The molecule has 2 aromatic heterocycles. The third-order valence-corrected chi connectivity index (χ3v) is 2.67. The number of aromatic nitrogens is 3. The van der Waals surface area contributed by atoms with Gasteiger partial charge in [0.05, 0.1) is 6.04 Å². The van der Waals surface area contributed by atoms with Crippen molar-refractivity contribution in [3.05, 3.63) is 30.3 Å². The topological polar surface area (TPSA) is 63.8 Å². The molecule has 0 spiro atoms. The predicted molar refractivity (Wildman–Crippen MR) is 68.9 cm³/mol. The molecule has 0 amide bonds. The minimum absolute atomic E-state index is 0.120. The Kier molecular flexibility index (Phi) is 4.41. The van der Waals surface area contributed by atoms with Gasteiger partial charge in [0.2, 0.25) is 5.89 Å². The molecule has 0 aliphatic rings. The molecule has 1 atom stereocenters. The summed E-state index contributed by atoms with van der Waals surface area (Å²) in [7, 11) is 0. The van der Waals surface area contributed by atoms with Gasteiger partial charge in [0.25, 0.3) is 5.89 Å². The molecule has 0 aliphatic heterocycles. The molecule has 2 heterocycles. The number of pyridine rings is 1. The summed E-state index contributed by atoms with van der Waals surface area (Å²) in [5, 5.41) is 11.5. The fourth-order valence-corrected chi connectivity index (χ4v) is 1.69. The fourth-order valence-electron chi connectivity index (χ4n) is 1.69. The highest BCUT2D eigenvalue weighted by Crippen LogP contribution is 2.20. The summed E-state index contributed by atoms with van der Waals surface area (Å²) in [5.74, 6) is 1.11. The molecule has 0 radical (unpaired) electrons. The van der Waals surface area contributed by atoms with E-state index in [1.54, 1.807) is 6.20 Å². The van der Waals surface area contributed by atoms with E-state index >= 15 is 0 Å². The van der Waals surface area contributed by atoms with E-state index < -0.39 is 0 Å². The summed E-state index contributed by atoms with van der Waals surface area (Å²) < 4.78 is 5.67. The van der Waals surface area contributed by atoms with Gasteiger partial charge in [-0.2, -0.15) is 0 Å². The monoisotopic (exact) mass is 246 g/mol. The molecule has 96 valence electrons. The van der Waals surface area contributed by atoms with Crippen LogP contribution in [0.1, 0.15) is 38.6 Å². The van der Waals surface area contributed by atoms with Crippen LogP contribution >= 0.6 is 0 Å². The van der Waals surface area contributed by atoms with Crippen LogP contribution in [-0.2, 0) is 0 Å². The quantitative estimate of drug-likeness (QED) is 0.848. The first-order valence-corrected chi connectivity index (χ1v) is 6.33. The molecule has 0 aromatic carbocycles. The average Bonchev–Trinajstić information content (AvgIpc) is 2.90. The van der Waals surface area contributed by atoms with Crippen molar-refractivity contribution in [3.63, 3.8) is 0 Å². The maximum Gasteiger partial charge on any atom is 0.266 e. The second-order valence-corrected chi connectivity index (χ2v) is 4.08. The first-order chi connectivity index (χ1) is 8.85. The molecule has 5 nitrogen and oxygen atoms in total. The lowest BCUT2D eigenvalue weighted by Gasteiger charge is -2.11. The second kappa shape index (κ2) is 6.26. The van der Waals surface area contributed by atoms with Crippen LogP contribution in [0.3, 0.4) is 0 Å². The van der Waals surface area contributed by atoms with Crippen LogP contribution < -0.4 is 5.32 Å². The minimum atomic E-state index is 0.120. The lowest BCUT2D eigenvalue weighted by molar-refractivity contribution is 0.396. The van der Waals surface area contributed by atoms with Gasteiger partial charge in [0.1, 0.15) is 5.69 Å². The van der Waals surface area contributed by atoms with Gasteiger partial charge in [-0.15, -0.1) is 10.2 Å². The summed E-state index contributed by atoms with van der Waals surface area (Å²) in [6.45, 7) is 5.17. The largest absolute Gasteiger partial charge is 0.418 e. The summed E-state index contributed by atoms with van der Waals surface area (Å²) in [4.78, 5) is 4.19. The van der Waals surface area contributed by atoms with E-state index in [4.69, 9.17) is 4.42 Å². The molecule has 0 fully saturated rings. The van der Waals surface area contributed by atoms with E-state index in [0.717, 1.165) is 19.4 Å². The van der Waals surface area contributed by atoms with Gasteiger partial charge in [0.15, 0.2) is 0 Å². The van der Waals surface area contributed by atoms with Gasteiger partial charge in [-0.25, -0.2) is 0 Å². The minimum Gasteiger partial charge on any atom is -0.418 e. The smallest absolute Gasteiger partial charge is 0.266 e. The van der Waals surface area contributed by atoms with E-state index in [0.29, 0.717) is 17.5 Å². The molecule has 1 unspecified atom stereocenters. The molecule has 0 bridgehead atoms. The van der Waals surface area contributed by atoms with Crippen LogP contribution in [0.4, 0.5) is 0 Å². The third kappa shape index (κ3) is 2.92. The molecule has 0 aliphatic carbocycles. The van der Waals surface area contributed by atoms with Crippen molar-refractivity contribution in [2.75, 3.05) is 6.54 Å². The normalized spacial score (nSPS) is 12.6. The average molecular weight is 246 g/mol. The number of hydrogen-bond donors (Lipinski definition) is 1. The van der Waals surface area contributed by atoms with Gasteiger partial charge in [-0.1, -0.05) is 19.9 Å². The lowest BCUT2D eigenvalue weighted by Crippen LogP contribution is -2.21. The van der Waals surface area contributed by atoms with Gasteiger partial charge >= 0.3 is 0 Å². The maximum absolute atomic E-state index is 5.67. The standard InChI is InChI=1S/C13H18N4O/c1-3-8-14-10(4-2)12-16-17-13(18-12)11-7-5-6-9-15-11/h5-7,9-10,14H,3-4,8H2,1-2H3. The van der Waals surface area contributed by atoms with Crippen molar-refractivity contribution in [1.82, 2.24) is 20.5 Å². The summed E-state index contributed by atoms with van der Waals surface area (Å²) in [5.41, 5.74) is 0.710. The van der Waals surface area contributed by atoms with Gasteiger partial charge in [-0.05, 0) is 31.5 Å². The molecule has 5 heteroatoms. The third-order valence-electron chi connectivity index (χ3n) is 2.67. The molecule has 2 rings (SSSR count). The maximum atomic E-state index is 5.67. The Balaban J connectivity index is 2.14. The highest BCUT2D eigenvalue weighted by molar-refractivity contribution is 5.44. The van der Waals surface area contributed by atoms with Gasteiger partial charge in [-0.3, -0.25) is 4.98 Å². The van der Waals surface area contributed by atoms with Crippen LogP contribution in [0.15, 0.2) is 28.8 Å². The first-order valence-electron chi connectivity index (χ1n) is 6.33. The Bertz CT molecular complexity index is 469. The summed E-state index contributed by atoms with van der Waals surface area (Å²) >= 11 is 0. The van der Waals surface area contributed by atoms with Crippen LogP contribution in [0.25, 0.3) is 11.6 Å². The number of nitrogens with zero attached hydrogens (tertiary/aromatic N) is 3. The van der Waals surface area contributed by atoms with Crippen molar-refractivity contribution in [2.24, 2.45) is 0 Å². The zero-order chi connectivity index (χ0) is 12.8. The SMILES string of the molecule is CCCNC(CC)c1nnc(-c2ccccn2)o1. The molecule has 0 saturated heterocycles. The zero-order valence-corrected chi connectivity index (χ0v) is 10.8. The van der Waals surface area contributed by atoms with E-state index in [9.17, 15) is 0 Å². The fraction of sp³-hybridized carbons (Fsp3) is 0.462. The van der Waals surface area contributed by atoms with Gasteiger partial charge < -0.3 is 9.73 Å². The molecular weight excluding hydrogens is 228 g/mol. The molecular formula is C13H18N4O. The van der Waals surface area contributed by atoms with E-state index in [1.807, 2.05) is 18.2 Å². The number of nitrogens with one attached hydrogen (secondary N) is 1. The van der Waals surface area contributed by atoms with Crippen molar-refractivity contribution < 1.29 is 4.42 Å². The van der Waals surface area contributed by atoms with Crippen molar-refractivity contribution >= 4 is 0 Å². The number of hydrogen-bond acceptors (Lipinski definition) is 5. The van der Waals surface area contributed by atoms with Gasteiger partial charge in [0, 0.05) is 6.20 Å². The Labute approximate surface area is 107 Å². The Hall–Kier alpha value is -1.75. The summed E-state index contributed by atoms with van der Waals surface area (Å²) in [6, 6.07) is 5.74. The number of rotatable bonds is 6. The Morgan fingerprint density at radius 3 is 2.83 bits per heavy atom. The predicted octanol–water partition coefficient (Wildman–Crippen LogP) is 2.58. The Morgan fingerprint density at radius 1 is 1.28 bits per heavy atom. The summed E-state index contributed by atoms with van der Waals surface area (Å²) in [6.07, 6.45) is 3.72. The van der Waals surface area contributed by atoms with Crippen LogP contribution in [0.2, 0.25) is 0 Å². The second-order valence-electron chi connectivity index (χ2n) is 4.08. The van der Waals surface area contributed by atoms with E-state index in [-0.39, 0.29) is 6.04 Å².